The maximum atomic E-state index is 5.35. The minimum Gasteiger partial charge on any atom is -0.379 e. The highest BCUT2D eigenvalue weighted by atomic mass is 16.5. The van der Waals surface area contributed by atoms with E-state index < -0.39 is 0 Å². The Kier molecular flexibility index (Phi) is 5.29. The summed E-state index contributed by atoms with van der Waals surface area (Å²) in [5, 5.41) is 0. The van der Waals surface area contributed by atoms with Crippen molar-refractivity contribution in [1.82, 2.24) is 0 Å². The molecule has 0 heterocycles. The summed E-state index contributed by atoms with van der Waals surface area (Å²) in [5.74, 6) is 2.38. The van der Waals surface area contributed by atoms with Gasteiger partial charge < -0.3 is 10.5 Å². The molecule has 0 radical (unpaired) electrons. The van der Waals surface area contributed by atoms with Gasteiger partial charge in [0.05, 0.1) is 12.6 Å². The average Bonchev–Trinajstić information content (AvgIpc) is 1.89. The first kappa shape index (κ1) is 8.48. The summed E-state index contributed by atoms with van der Waals surface area (Å²) in [5.41, 5.74) is 5.35. The summed E-state index contributed by atoms with van der Waals surface area (Å²) in [4.78, 5) is 0. The number of hydrogen-bond acceptors (Lipinski definition) is 2. The van der Waals surface area contributed by atoms with Crippen LogP contribution in [-0.2, 0) is 4.74 Å². The van der Waals surface area contributed by atoms with Crippen LogP contribution in [0.15, 0.2) is 0 Å². The van der Waals surface area contributed by atoms with Gasteiger partial charge in [-0.1, -0.05) is 12.8 Å². The van der Waals surface area contributed by atoms with Gasteiger partial charge in [0.2, 0.25) is 0 Å². The van der Waals surface area contributed by atoms with Crippen LogP contribution in [0, 0.1) is 12.3 Å². The predicted molar refractivity (Wildman–Crippen MR) is 37.9 cm³/mol. The molecule has 0 aliphatic heterocycles. The highest BCUT2D eigenvalue weighted by molar-refractivity contribution is 4.96. The molecule has 0 aromatic heterocycles. The second-order valence-electron chi connectivity index (χ2n) is 1.85. The van der Waals surface area contributed by atoms with Crippen molar-refractivity contribution in [3.63, 3.8) is 0 Å². The molecular formula is C7H13NO. The lowest BCUT2D eigenvalue weighted by Gasteiger charge is -2.03. The summed E-state index contributed by atoms with van der Waals surface area (Å²) in [6.07, 6.45) is 6.01. The fraction of sp³-hybridized carbons (Fsp3) is 0.714. The van der Waals surface area contributed by atoms with Gasteiger partial charge in [0.15, 0.2) is 0 Å². The highest BCUT2D eigenvalue weighted by Crippen LogP contribution is 1.81. The fourth-order valence-corrected chi connectivity index (χ4v) is 0.403. The lowest BCUT2D eigenvalue weighted by atomic mass is 10.4. The number of rotatable bonds is 4. The summed E-state index contributed by atoms with van der Waals surface area (Å²) in [6.45, 7) is 3.26. The van der Waals surface area contributed by atoms with Crippen molar-refractivity contribution in [3.05, 3.63) is 0 Å². The molecule has 0 aromatic carbocycles. The van der Waals surface area contributed by atoms with Gasteiger partial charge in [-0.25, -0.2) is 0 Å². The van der Waals surface area contributed by atoms with Crippen molar-refractivity contribution >= 4 is 0 Å². The van der Waals surface area contributed by atoms with Crippen LogP contribution < -0.4 is 5.73 Å². The third-order valence-corrected chi connectivity index (χ3v) is 0.860. The average molecular weight is 127 g/mol. The molecule has 0 spiro atoms. The van der Waals surface area contributed by atoms with E-state index in [2.05, 4.69) is 5.92 Å². The second kappa shape index (κ2) is 5.61. The van der Waals surface area contributed by atoms with E-state index in [-0.39, 0.29) is 6.04 Å². The zero-order valence-electron chi connectivity index (χ0n) is 5.76. The maximum Gasteiger partial charge on any atom is 0.0899 e. The van der Waals surface area contributed by atoms with Crippen LogP contribution in [-0.4, -0.2) is 19.3 Å². The molecule has 2 nitrogen and oxygen atoms in total. The Morgan fingerprint density at radius 3 is 2.89 bits per heavy atom. The van der Waals surface area contributed by atoms with E-state index in [9.17, 15) is 0 Å². The molecule has 0 aromatic rings. The molecule has 0 saturated heterocycles. The number of ether oxygens (including phenoxy) is 1. The monoisotopic (exact) mass is 127 g/mol. The van der Waals surface area contributed by atoms with Crippen LogP contribution in [0.5, 0.6) is 0 Å². The molecule has 0 saturated carbocycles. The van der Waals surface area contributed by atoms with Gasteiger partial charge in [-0.15, -0.1) is 6.42 Å². The van der Waals surface area contributed by atoms with Gasteiger partial charge in [0.25, 0.3) is 0 Å². The van der Waals surface area contributed by atoms with Gasteiger partial charge in [0.1, 0.15) is 0 Å². The van der Waals surface area contributed by atoms with Crippen molar-refractivity contribution in [2.24, 2.45) is 5.73 Å². The van der Waals surface area contributed by atoms with E-state index in [0.717, 1.165) is 13.0 Å². The molecule has 2 heteroatoms. The predicted octanol–water partition coefficient (Wildman–Crippen LogP) is 0.373. The smallest absolute Gasteiger partial charge is 0.0899 e. The minimum absolute atomic E-state index is 0.239. The SMILES string of the molecule is C#CC(N)COCCC. The van der Waals surface area contributed by atoms with Crippen LogP contribution in [0.1, 0.15) is 13.3 Å². The second-order valence-corrected chi connectivity index (χ2v) is 1.85. The van der Waals surface area contributed by atoms with Crippen LogP contribution in [0.3, 0.4) is 0 Å². The molecule has 0 rings (SSSR count). The summed E-state index contributed by atoms with van der Waals surface area (Å²) in [7, 11) is 0. The van der Waals surface area contributed by atoms with E-state index in [1.54, 1.807) is 0 Å². The Morgan fingerprint density at radius 2 is 2.44 bits per heavy atom. The zero-order chi connectivity index (χ0) is 7.11. The molecule has 2 N–H and O–H groups in total. The van der Waals surface area contributed by atoms with Gasteiger partial charge in [-0.05, 0) is 6.42 Å². The Morgan fingerprint density at radius 1 is 1.78 bits per heavy atom. The molecule has 1 atom stereocenters. The first-order chi connectivity index (χ1) is 4.31. The van der Waals surface area contributed by atoms with Gasteiger partial charge in [-0.3, -0.25) is 0 Å². The molecular weight excluding hydrogens is 114 g/mol. The van der Waals surface area contributed by atoms with E-state index >= 15 is 0 Å². The first-order valence-corrected chi connectivity index (χ1v) is 3.10. The first-order valence-electron chi connectivity index (χ1n) is 3.10. The normalized spacial score (nSPS) is 12.6. The quantitative estimate of drug-likeness (QED) is 0.437. The molecule has 9 heavy (non-hydrogen) atoms. The van der Waals surface area contributed by atoms with E-state index in [1.165, 1.54) is 0 Å². The molecule has 0 fully saturated rings. The topological polar surface area (TPSA) is 35.2 Å². The van der Waals surface area contributed by atoms with Crippen LogP contribution in [0.4, 0.5) is 0 Å². The Hall–Kier alpha value is -0.520. The molecule has 0 amide bonds. The maximum absolute atomic E-state index is 5.35. The van der Waals surface area contributed by atoms with Gasteiger partial charge >= 0.3 is 0 Å². The van der Waals surface area contributed by atoms with Crippen molar-refractivity contribution < 1.29 is 4.74 Å². The Labute approximate surface area is 56.4 Å². The lowest BCUT2D eigenvalue weighted by molar-refractivity contribution is 0.132. The summed E-state index contributed by atoms with van der Waals surface area (Å²) >= 11 is 0. The third kappa shape index (κ3) is 5.35. The number of hydrogen-bond donors (Lipinski definition) is 1. The van der Waals surface area contributed by atoms with E-state index in [1.807, 2.05) is 6.92 Å². The standard InChI is InChI=1S/C7H13NO/c1-3-5-9-6-7(8)4-2/h2,7H,3,5-6,8H2,1H3. The van der Waals surface area contributed by atoms with Crippen LogP contribution in [0.2, 0.25) is 0 Å². The largest absolute Gasteiger partial charge is 0.379 e. The van der Waals surface area contributed by atoms with Gasteiger partial charge in [-0.2, -0.15) is 0 Å². The van der Waals surface area contributed by atoms with Crippen LogP contribution >= 0.6 is 0 Å². The lowest BCUT2D eigenvalue weighted by Crippen LogP contribution is -2.23. The number of terminal acetylenes is 1. The molecule has 52 valence electrons. The van der Waals surface area contributed by atoms with Crippen molar-refractivity contribution in [2.75, 3.05) is 13.2 Å². The Balaban J connectivity index is 2.99. The van der Waals surface area contributed by atoms with Crippen LogP contribution in [0.25, 0.3) is 0 Å². The van der Waals surface area contributed by atoms with Crippen molar-refractivity contribution in [1.29, 1.82) is 0 Å². The number of nitrogens with two attached hydrogens (primary N) is 1. The van der Waals surface area contributed by atoms with Crippen molar-refractivity contribution in [3.8, 4) is 12.3 Å². The minimum atomic E-state index is -0.239. The molecule has 0 aliphatic rings. The van der Waals surface area contributed by atoms with Gasteiger partial charge in [0, 0.05) is 6.61 Å². The molecule has 0 aliphatic carbocycles. The van der Waals surface area contributed by atoms with E-state index in [4.69, 9.17) is 16.9 Å². The van der Waals surface area contributed by atoms with E-state index in [0.29, 0.717) is 6.61 Å². The summed E-state index contributed by atoms with van der Waals surface area (Å²) < 4.78 is 5.07. The summed E-state index contributed by atoms with van der Waals surface area (Å²) in [6, 6.07) is -0.239. The van der Waals surface area contributed by atoms with Crippen molar-refractivity contribution in [2.45, 2.75) is 19.4 Å². The fourth-order valence-electron chi connectivity index (χ4n) is 0.403. The third-order valence-electron chi connectivity index (χ3n) is 0.860. The molecule has 0 bridgehead atoms. The molecule has 1 unspecified atom stereocenters. The zero-order valence-corrected chi connectivity index (χ0v) is 5.76. The Bertz CT molecular complexity index is 95.6. The highest BCUT2D eigenvalue weighted by Gasteiger charge is 1.93.